The molecule has 0 bridgehead atoms. The number of carbonyl (C=O) groups excluding carboxylic acids is 1. The lowest BCUT2D eigenvalue weighted by Gasteiger charge is -2.36. The van der Waals surface area contributed by atoms with Crippen LogP contribution in [0.25, 0.3) is 5.65 Å². The van der Waals surface area contributed by atoms with Crippen LogP contribution in [0.1, 0.15) is 79.1 Å². The van der Waals surface area contributed by atoms with E-state index in [1.807, 2.05) is 4.90 Å². The largest absolute Gasteiger partial charge is 0.302 e. The third-order valence-electron chi connectivity index (χ3n) is 7.15. The lowest BCUT2D eigenvalue weighted by molar-refractivity contribution is -0.119. The first-order valence-electron chi connectivity index (χ1n) is 12.3. The summed E-state index contributed by atoms with van der Waals surface area (Å²) in [4.78, 5) is 31.9. The molecule has 0 radical (unpaired) electrons. The number of imidazole rings is 1. The van der Waals surface area contributed by atoms with Crippen LogP contribution in [-0.4, -0.2) is 43.2 Å². The van der Waals surface area contributed by atoms with Crippen molar-refractivity contribution in [3.8, 4) is 0 Å². The van der Waals surface area contributed by atoms with E-state index in [-0.39, 0.29) is 11.9 Å². The van der Waals surface area contributed by atoms with Gasteiger partial charge in [-0.05, 0) is 70.7 Å². The maximum Gasteiger partial charge on any atom is 0.228 e. The molecule has 0 saturated carbocycles. The third kappa shape index (κ3) is 4.03. The van der Waals surface area contributed by atoms with Crippen LogP contribution in [0.4, 0.5) is 5.82 Å². The van der Waals surface area contributed by atoms with Gasteiger partial charge in [0.05, 0.1) is 17.4 Å². The highest BCUT2D eigenvalue weighted by Crippen LogP contribution is 2.35. The first kappa shape index (κ1) is 22.0. The van der Waals surface area contributed by atoms with Crippen LogP contribution >= 0.6 is 0 Å². The molecule has 5 heterocycles. The molecule has 2 aliphatic rings. The molecule has 3 aromatic heterocycles. The molecular weight excluding hydrogens is 412 g/mol. The van der Waals surface area contributed by atoms with Gasteiger partial charge in [0.2, 0.25) is 5.91 Å². The predicted octanol–water partition coefficient (Wildman–Crippen LogP) is 4.47. The minimum absolute atomic E-state index is 0.152. The molecule has 0 aliphatic carbocycles. The molecule has 174 valence electrons. The van der Waals surface area contributed by atoms with Crippen molar-refractivity contribution in [1.82, 2.24) is 24.3 Å². The van der Waals surface area contributed by atoms with Crippen LogP contribution in [0.3, 0.4) is 0 Å². The van der Waals surface area contributed by atoms with E-state index >= 15 is 0 Å². The first-order valence-corrected chi connectivity index (χ1v) is 12.3. The summed E-state index contributed by atoms with van der Waals surface area (Å²) in [5, 5.41) is 0. The second-order valence-corrected chi connectivity index (χ2v) is 9.57. The Hall–Kier alpha value is -2.80. The van der Waals surface area contributed by atoms with Crippen molar-refractivity contribution in [2.24, 2.45) is 0 Å². The molecule has 1 fully saturated rings. The molecule has 7 nitrogen and oxygen atoms in total. The normalized spacial score (nSPS) is 19.3. The second kappa shape index (κ2) is 8.86. The van der Waals surface area contributed by atoms with Crippen LogP contribution in [-0.2, 0) is 17.8 Å². The van der Waals surface area contributed by atoms with E-state index < -0.39 is 0 Å². The predicted molar refractivity (Wildman–Crippen MR) is 129 cm³/mol. The highest BCUT2D eigenvalue weighted by molar-refractivity contribution is 5.95. The molecular formula is C26H34N6O. The van der Waals surface area contributed by atoms with Crippen molar-refractivity contribution < 1.29 is 4.79 Å². The smallest absolute Gasteiger partial charge is 0.228 e. The van der Waals surface area contributed by atoms with Gasteiger partial charge in [0.1, 0.15) is 17.3 Å². The van der Waals surface area contributed by atoms with E-state index in [9.17, 15) is 4.79 Å². The van der Waals surface area contributed by atoms with Crippen LogP contribution in [0, 0.1) is 20.8 Å². The molecule has 33 heavy (non-hydrogen) atoms. The number of anilines is 1. The lowest BCUT2D eigenvalue weighted by atomic mass is 9.99. The van der Waals surface area contributed by atoms with Crippen molar-refractivity contribution in [1.29, 1.82) is 0 Å². The Balaban J connectivity index is 1.51. The Morgan fingerprint density at radius 3 is 2.73 bits per heavy atom. The summed E-state index contributed by atoms with van der Waals surface area (Å²) in [6.45, 7) is 10.9. The molecule has 3 aromatic rings. The lowest BCUT2D eigenvalue weighted by Crippen LogP contribution is -2.39. The van der Waals surface area contributed by atoms with Gasteiger partial charge >= 0.3 is 0 Å². The average molecular weight is 447 g/mol. The summed E-state index contributed by atoms with van der Waals surface area (Å²) >= 11 is 0. The van der Waals surface area contributed by atoms with Crippen molar-refractivity contribution in [2.75, 3.05) is 18.0 Å². The molecule has 1 amide bonds. The van der Waals surface area contributed by atoms with Crippen molar-refractivity contribution in [2.45, 2.75) is 78.8 Å². The van der Waals surface area contributed by atoms with Crippen LogP contribution in [0.5, 0.6) is 0 Å². The molecule has 7 heteroatoms. The van der Waals surface area contributed by atoms with Gasteiger partial charge in [-0.2, -0.15) is 0 Å². The molecule has 0 spiro atoms. The number of fused-ring (bicyclic) bond motifs is 2. The maximum atomic E-state index is 12.7. The summed E-state index contributed by atoms with van der Waals surface area (Å²) < 4.78 is 2.22. The first-order chi connectivity index (χ1) is 16.0. The number of piperidine rings is 1. The highest BCUT2D eigenvalue weighted by Gasteiger charge is 2.32. The topological polar surface area (TPSA) is 66.6 Å². The Kier molecular flexibility index (Phi) is 5.91. The van der Waals surface area contributed by atoms with E-state index in [4.69, 9.17) is 15.0 Å². The fourth-order valence-electron chi connectivity index (χ4n) is 5.38. The number of carbonyl (C=O) groups is 1. The van der Waals surface area contributed by atoms with Gasteiger partial charge in [-0.1, -0.05) is 13.3 Å². The number of hydrogen-bond donors (Lipinski definition) is 0. The Morgan fingerprint density at radius 2 is 1.91 bits per heavy atom. The third-order valence-corrected chi connectivity index (χ3v) is 7.15. The number of aromatic nitrogens is 4. The summed E-state index contributed by atoms with van der Waals surface area (Å²) in [6, 6.07) is 4.43. The van der Waals surface area contributed by atoms with Gasteiger partial charge in [0, 0.05) is 37.0 Å². The van der Waals surface area contributed by atoms with E-state index in [1.165, 1.54) is 24.1 Å². The van der Waals surface area contributed by atoms with Gasteiger partial charge in [-0.15, -0.1) is 0 Å². The number of amides is 1. The molecule has 1 saturated heterocycles. The van der Waals surface area contributed by atoms with Gasteiger partial charge in [-0.25, -0.2) is 15.0 Å². The van der Waals surface area contributed by atoms with Gasteiger partial charge in [-0.3, -0.25) is 14.6 Å². The number of hydrogen-bond acceptors (Lipinski definition) is 5. The molecule has 2 aliphatic heterocycles. The van der Waals surface area contributed by atoms with Crippen molar-refractivity contribution in [3.05, 3.63) is 52.4 Å². The number of nitrogens with zero attached hydrogens (tertiary/aromatic N) is 6. The molecule has 5 rings (SSSR count). The van der Waals surface area contributed by atoms with E-state index in [1.54, 1.807) is 0 Å². The van der Waals surface area contributed by atoms with Crippen LogP contribution in [0.15, 0.2) is 18.3 Å². The minimum atomic E-state index is 0.152. The highest BCUT2D eigenvalue weighted by atomic mass is 16.2. The quantitative estimate of drug-likeness (QED) is 0.579. The van der Waals surface area contributed by atoms with Crippen LogP contribution in [0.2, 0.25) is 0 Å². The molecule has 0 unspecified atom stereocenters. The van der Waals surface area contributed by atoms with Gasteiger partial charge in [0.15, 0.2) is 0 Å². The number of pyridine rings is 1. The van der Waals surface area contributed by atoms with E-state index in [0.717, 1.165) is 73.1 Å². The zero-order chi connectivity index (χ0) is 23.1. The Morgan fingerprint density at radius 1 is 1.06 bits per heavy atom. The fourth-order valence-corrected chi connectivity index (χ4v) is 5.38. The van der Waals surface area contributed by atoms with E-state index in [0.29, 0.717) is 6.42 Å². The molecule has 0 N–H and O–H groups in total. The van der Waals surface area contributed by atoms with Gasteiger partial charge in [0.25, 0.3) is 0 Å². The standard InChI is InChI=1S/C26H34N6O/c1-5-12-32-24(33)10-9-20-18(3)28-25(29-26(20)32)21-8-6-7-13-30(21)16-22-19(4)27-23-15-17(2)11-14-31(22)23/h11,14-15,21H,5-10,12-13,16H2,1-4H3/t21-/m0/s1. The fraction of sp³-hybridized carbons (Fsp3) is 0.538. The Labute approximate surface area is 195 Å². The molecule has 0 aromatic carbocycles. The zero-order valence-corrected chi connectivity index (χ0v) is 20.3. The Bertz CT molecular complexity index is 1200. The second-order valence-electron chi connectivity index (χ2n) is 9.57. The van der Waals surface area contributed by atoms with Crippen molar-refractivity contribution >= 4 is 17.4 Å². The number of aryl methyl sites for hydroxylation is 3. The maximum absolute atomic E-state index is 12.7. The zero-order valence-electron chi connectivity index (χ0n) is 20.3. The van der Waals surface area contributed by atoms with E-state index in [2.05, 4.69) is 55.3 Å². The SMILES string of the molecule is CCCN1C(=O)CCc2c(C)nc([C@@H]3CCCCN3Cc3c(C)nc4cc(C)ccn34)nc21. The monoisotopic (exact) mass is 446 g/mol. The summed E-state index contributed by atoms with van der Waals surface area (Å²) in [5.74, 6) is 1.90. The van der Waals surface area contributed by atoms with Gasteiger partial charge < -0.3 is 4.40 Å². The number of likely N-dealkylation sites (tertiary alicyclic amines) is 1. The summed E-state index contributed by atoms with van der Waals surface area (Å²) in [5.41, 5.74) is 6.70. The minimum Gasteiger partial charge on any atom is -0.302 e. The number of rotatable bonds is 5. The van der Waals surface area contributed by atoms with Crippen LogP contribution < -0.4 is 4.90 Å². The average Bonchev–Trinajstić information content (AvgIpc) is 3.10. The summed E-state index contributed by atoms with van der Waals surface area (Å²) in [7, 11) is 0. The molecule has 1 atom stereocenters. The summed E-state index contributed by atoms with van der Waals surface area (Å²) in [6.07, 6.45) is 7.74. The van der Waals surface area contributed by atoms with Crippen molar-refractivity contribution in [3.63, 3.8) is 0 Å².